The second-order valence-corrected chi connectivity index (χ2v) is 7.85. The molecule has 4 heteroatoms. The van der Waals surface area contributed by atoms with Crippen molar-refractivity contribution in [2.45, 2.75) is 74.3 Å². The summed E-state index contributed by atoms with van der Waals surface area (Å²) in [5, 5.41) is 19.3. The molecule has 2 N–H and O–H groups in total. The van der Waals surface area contributed by atoms with Crippen molar-refractivity contribution in [1.29, 1.82) is 0 Å². The monoisotopic (exact) mass is 303 g/mol. The number of rotatable bonds is 7. The highest BCUT2D eigenvalue weighted by molar-refractivity contribution is 5.73. The highest BCUT2D eigenvalue weighted by Gasteiger charge is 2.31. The smallest absolute Gasteiger partial charge is 0.219 e. The number of aliphatic hydroxyl groups excluding tert-OH is 1. The van der Waals surface area contributed by atoms with E-state index in [1.165, 1.54) is 0 Å². The Labute approximate surface area is 131 Å². The fraction of sp³-hybridized carbons (Fsp3) is 0.941. The van der Waals surface area contributed by atoms with Crippen molar-refractivity contribution in [3.05, 3.63) is 0 Å². The normalized spacial score (nSPS) is 12.5. The maximum absolute atomic E-state index is 11.8. The lowest BCUT2D eigenvalue weighted by Crippen LogP contribution is -2.45. The Bertz CT molecular complexity index is 304. The summed E-state index contributed by atoms with van der Waals surface area (Å²) in [5.74, 6) is 0.00495. The SMILES string of the molecule is CC.CC(=O)N(CC(C)(C)CO)CC(C)(C)CC(C)(C)O. The lowest BCUT2D eigenvalue weighted by atomic mass is 9.81. The number of hydrogen-bond acceptors (Lipinski definition) is 3. The van der Waals surface area contributed by atoms with E-state index in [2.05, 4.69) is 0 Å². The molecule has 21 heavy (non-hydrogen) atoms. The van der Waals surface area contributed by atoms with Crippen LogP contribution in [0.1, 0.15) is 68.7 Å². The lowest BCUT2D eigenvalue weighted by molar-refractivity contribution is -0.132. The molecular weight excluding hydrogens is 266 g/mol. The van der Waals surface area contributed by atoms with E-state index >= 15 is 0 Å². The summed E-state index contributed by atoms with van der Waals surface area (Å²) in [7, 11) is 0. The number of nitrogens with zero attached hydrogens (tertiary/aromatic N) is 1. The van der Waals surface area contributed by atoms with Crippen molar-refractivity contribution < 1.29 is 15.0 Å². The first-order valence-corrected chi connectivity index (χ1v) is 7.87. The molecule has 0 bridgehead atoms. The van der Waals surface area contributed by atoms with Crippen molar-refractivity contribution in [3.63, 3.8) is 0 Å². The van der Waals surface area contributed by atoms with Gasteiger partial charge in [-0.2, -0.15) is 0 Å². The zero-order valence-corrected chi connectivity index (χ0v) is 15.6. The minimum Gasteiger partial charge on any atom is -0.396 e. The summed E-state index contributed by atoms with van der Waals surface area (Å²) in [6, 6.07) is 0. The average molecular weight is 303 g/mol. The Hall–Kier alpha value is -0.610. The molecule has 0 unspecified atom stereocenters. The van der Waals surface area contributed by atoms with Crippen LogP contribution in [0.2, 0.25) is 0 Å². The molecule has 0 radical (unpaired) electrons. The Morgan fingerprint density at radius 2 is 1.33 bits per heavy atom. The minimum atomic E-state index is -0.752. The molecule has 0 atom stereocenters. The van der Waals surface area contributed by atoms with Crippen molar-refractivity contribution in [3.8, 4) is 0 Å². The van der Waals surface area contributed by atoms with Crippen LogP contribution >= 0.6 is 0 Å². The summed E-state index contributed by atoms with van der Waals surface area (Å²) in [5.41, 5.74) is -1.23. The van der Waals surface area contributed by atoms with Gasteiger partial charge in [-0.15, -0.1) is 0 Å². The molecule has 0 saturated heterocycles. The van der Waals surface area contributed by atoms with Crippen molar-refractivity contribution >= 4 is 5.91 Å². The molecule has 0 fully saturated rings. The second kappa shape index (κ2) is 8.74. The van der Waals surface area contributed by atoms with E-state index in [4.69, 9.17) is 0 Å². The molecule has 0 aromatic rings. The molecule has 0 aromatic heterocycles. The van der Waals surface area contributed by atoms with Crippen LogP contribution in [-0.2, 0) is 4.79 Å². The quantitative estimate of drug-likeness (QED) is 0.760. The van der Waals surface area contributed by atoms with E-state index in [0.29, 0.717) is 19.5 Å². The highest BCUT2D eigenvalue weighted by atomic mass is 16.3. The van der Waals surface area contributed by atoms with Gasteiger partial charge in [0.05, 0.1) is 5.60 Å². The third-order valence-electron chi connectivity index (χ3n) is 3.02. The average Bonchev–Trinajstić information content (AvgIpc) is 2.26. The van der Waals surface area contributed by atoms with Crippen LogP contribution < -0.4 is 0 Å². The van der Waals surface area contributed by atoms with Crippen LogP contribution in [0.3, 0.4) is 0 Å². The number of hydrogen-bond donors (Lipinski definition) is 2. The van der Waals surface area contributed by atoms with Crippen LogP contribution in [0.25, 0.3) is 0 Å². The molecule has 0 spiro atoms. The number of carbonyl (C=O) groups is 1. The number of amides is 1. The van der Waals surface area contributed by atoms with E-state index in [-0.39, 0.29) is 23.3 Å². The Morgan fingerprint density at radius 1 is 0.952 bits per heavy atom. The van der Waals surface area contributed by atoms with Crippen molar-refractivity contribution in [2.24, 2.45) is 10.8 Å². The summed E-state index contributed by atoms with van der Waals surface area (Å²) >= 11 is 0. The predicted molar refractivity (Wildman–Crippen MR) is 89.2 cm³/mol. The van der Waals surface area contributed by atoms with E-state index in [0.717, 1.165) is 0 Å². The Morgan fingerprint density at radius 3 is 1.62 bits per heavy atom. The van der Waals surface area contributed by atoms with E-state index in [1.54, 1.807) is 25.7 Å². The fourth-order valence-corrected chi connectivity index (χ4v) is 2.59. The molecule has 128 valence electrons. The van der Waals surface area contributed by atoms with Gasteiger partial charge in [0.15, 0.2) is 0 Å². The van der Waals surface area contributed by atoms with E-state index in [9.17, 15) is 15.0 Å². The minimum absolute atomic E-state index is 0.00495. The third kappa shape index (κ3) is 11.7. The summed E-state index contributed by atoms with van der Waals surface area (Å²) in [6.45, 7) is 18.2. The molecule has 0 aromatic carbocycles. The highest BCUT2D eigenvalue weighted by Crippen LogP contribution is 2.30. The Kier molecular flexibility index (Phi) is 9.44. The van der Waals surface area contributed by atoms with Gasteiger partial charge in [-0.05, 0) is 25.7 Å². The topological polar surface area (TPSA) is 60.8 Å². The maximum Gasteiger partial charge on any atom is 0.219 e. The summed E-state index contributed by atoms with van der Waals surface area (Å²) in [4.78, 5) is 13.5. The van der Waals surface area contributed by atoms with Crippen LogP contribution in [0.5, 0.6) is 0 Å². The molecule has 0 saturated carbocycles. The van der Waals surface area contributed by atoms with Crippen LogP contribution in [0.15, 0.2) is 0 Å². The second-order valence-electron chi connectivity index (χ2n) is 7.85. The van der Waals surface area contributed by atoms with Gasteiger partial charge in [0, 0.05) is 32.0 Å². The first-order chi connectivity index (χ1) is 9.28. The Balaban J connectivity index is 0. The molecular formula is C17H37NO3. The molecule has 0 aliphatic rings. The van der Waals surface area contributed by atoms with E-state index in [1.807, 2.05) is 41.5 Å². The molecule has 4 nitrogen and oxygen atoms in total. The molecule has 0 heterocycles. The van der Waals surface area contributed by atoms with Crippen LogP contribution in [-0.4, -0.2) is 46.3 Å². The largest absolute Gasteiger partial charge is 0.396 e. The summed E-state index contributed by atoms with van der Waals surface area (Å²) < 4.78 is 0. The number of carbonyl (C=O) groups excluding carboxylic acids is 1. The van der Waals surface area contributed by atoms with Gasteiger partial charge in [-0.25, -0.2) is 0 Å². The first-order valence-electron chi connectivity index (χ1n) is 7.87. The fourth-order valence-electron chi connectivity index (χ4n) is 2.59. The molecule has 0 aliphatic carbocycles. The van der Waals surface area contributed by atoms with Gasteiger partial charge in [-0.3, -0.25) is 4.79 Å². The van der Waals surface area contributed by atoms with E-state index < -0.39 is 5.60 Å². The first kappa shape index (κ1) is 22.7. The van der Waals surface area contributed by atoms with Gasteiger partial charge in [0.1, 0.15) is 0 Å². The van der Waals surface area contributed by atoms with Crippen LogP contribution in [0, 0.1) is 10.8 Å². The number of aliphatic hydroxyl groups is 2. The standard InChI is InChI=1S/C15H31NO3.C2H6/c1-12(18)16(10-14(4,5)11-17)9-13(2,3)8-15(6,7)19;1-2/h17,19H,8-11H2,1-7H3;1-2H3. The summed E-state index contributed by atoms with van der Waals surface area (Å²) in [6.07, 6.45) is 0.614. The molecule has 1 amide bonds. The maximum atomic E-state index is 11.8. The van der Waals surface area contributed by atoms with Crippen LogP contribution in [0.4, 0.5) is 0 Å². The van der Waals surface area contributed by atoms with Gasteiger partial charge >= 0.3 is 0 Å². The van der Waals surface area contributed by atoms with Gasteiger partial charge < -0.3 is 15.1 Å². The molecule has 0 aliphatic heterocycles. The van der Waals surface area contributed by atoms with Crippen molar-refractivity contribution in [2.75, 3.05) is 19.7 Å². The third-order valence-corrected chi connectivity index (χ3v) is 3.02. The van der Waals surface area contributed by atoms with Gasteiger partial charge in [-0.1, -0.05) is 41.5 Å². The van der Waals surface area contributed by atoms with Gasteiger partial charge in [0.2, 0.25) is 5.91 Å². The predicted octanol–water partition coefficient (Wildman–Crippen LogP) is 3.07. The molecule has 0 rings (SSSR count). The van der Waals surface area contributed by atoms with Crippen molar-refractivity contribution in [1.82, 2.24) is 4.90 Å². The zero-order valence-electron chi connectivity index (χ0n) is 15.6. The van der Waals surface area contributed by atoms with Gasteiger partial charge in [0.25, 0.3) is 0 Å². The lowest BCUT2D eigenvalue weighted by Gasteiger charge is -2.38. The zero-order chi connectivity index (χ0) is 17.5.